The summed E-state index contributed by atoms with van der Waals surface area (Å²) in [5, 5.41) is 19.3. The highest BCUT2D eigenvalue weighted by molar-refractivity contribution is 5.75. The highest BCUT2D eigenvalue weighted by Gasteiger charge is 2.22. The van der Waals surface area contributed by atoms with Gasteiger partial charge in [-0.25, -0.2) is 8.78 Å². The van der Waals surface area contributed by atoms with Crippen molar-refractivity contribution in [2.24, 2.45) is 0 Å². The number of hydrogen-bond donors (Lipinski definition) is 1. The first-order chi connectivity index (χ1) is 9.36. The van der Waals surface area contributed by atoms with Crippen molar-refractivity contribution in [3.8, 4) is 12.3 Å². The van der Waals surface area contributed by atoms with Crippen LogP contribution in [0.3, 0.4) is 0 Å². The zero-order valence-corrected chi connectivity index (χ0v) is 10.1. The molecule has 0 atom stereocenters. The van der Waals surface area contributed by atoms with Crippen LogP contribution in [0.1, 0.15) is 12.0 Å². The Labute approximate surface area is 112 Å². The zero-order chi connectivity index (χ0) is 15.3. The quantitative estimate of drug-likeness (QED) is 0.491. The molecule has 0 radical (unpaired) electrons. The lowest BCUT2D eigenvalue weighted by Gasteiger charge is -2.22. The Balaban J connectivity index is 3.29. The van der Waals surface area contributed by atoms with Gasteiger partial charge in [-0.2, -0.15) is 0 Å². The first-order valence-corrected chi connectivity index (χ1v) is 5.33. The maximum absolute atomic E-state index is 13.0. The van der Waals surface area contributed by atoms with Gasteiger partial charge in [0.05, 0.1) is 11.5 Å². The number of terminal acetylenes is 1. The topological polar surface area (TPSA) is 83.7 Å². The minimum absolute atomic E-state index is 0.133. The number of alkyl halides is 2. The van der Waals surface area contributed by atoms with Crippen LogP contribution in [0, 0.1) is 22.5 Å². The van der Waals surface area contributed by atoms with E-state index >= 15 is 0 Å². The number of halogens is 2. The molecule has 0 saturated carbocycles. The van der Waals surface area contributed by atoms with Gasteiger partial charge in [-0.15, -0.1) is 6.42 Å². The Hall–Kier alpha value is -2.69. The second kappa shape index (κ2) is 6.47. The second-order valence-electron chi connectivity index (χ2n) is 3.75. The molecule has 0 fully saturated rings. The molecule has 8 heteroatoms. The van der Waals surface area contributed by atoms with Crippen LogP contribution in [0.15, 0.2) is 18.2 Å². The maximum Gasteiger partial charge on any atom is 0.323 e. The lowest BCUT2D eigenvalue weighted by molar-refractivity contribution is -0.385. The molecule has 0 saturated heterocycles. The number of carbonyl (C=O) groups is 1. The Kier molecular flexibility index (Phi) is 4.97. The first kappa shape index (κ1) is 15.4. The molecule has 0 aliphatic heterocycles. The van der Waals surface area contributed by atoms with E-state index in [9.17, 15) is 23.7 Å². The summed E-state index contributed by atoms with van der Waals surface area (Å²) >= 11 is 0. The Morgan fingerprint density at radius 2 is 2.20 bits per heavy atom. The third kappa shape index (κ3) is 3.65. The van der Waals surface area contributed by atoms with Crippen molar-refractivity contribution in [3.63, 3.8) is 0 Å². The molecule has 1 aromatic rings. The summed E-state index contributed by atoms with van der Waals surface area (Å²) in [6.07, 6.45) is 2.08. The van der Waals surface area contributed by atoms with E-state index in [1.807, 2.05) is 0 Å². The molecule has 1 rings (SSSR count). The summed E-state index contributed by atoms with van der Waals surface area (Å²) in [7, 11) is 0. The Morgan fingerprint density at radius 3 is 2.65 bits per heavy atom. The third-order valence-corrected chi connectivity index (χ3v) is 2.41. The normalized spacial score (nSPS) is 10.1. The van der Waals surface area contributed by atoms with Gasteiger partial charge < -0.3 is 10.0 Å². The van der Waals surface area contributed by atoms with Crippen molar-refractivity contribution >= 4 is 17.3 Å². The molecule has 0 bridgehead atoms. The number of non-ortho nitro benzene ring substituents is 1. The van der Waals surface area contributed by atoms with Gasteiger partial charge >= 0.3 is 5.97 Å². The number of aliphatic carboxylic acids is 1. The van der Waals surface area contributed by atoms with Crippen LogP contribution in [0.2, 0.25) is 0 Å². The molecule has 0 unspecified atom stereocenters. The molecule has 0 heterocycles. The predicted octanol–water partition coefficient (Wildman–Crippen LogP) is 2.06. The standard InChI is InChI=1S/C12H10F2N2O4/c1-2-5-15(7-11(17)18)10-4-3-8(16(19)20)6-9(10)12(13)14/h1,3-4,6,12H,5,7H2,(H,17,18). The molecule has 0 spiro atoms. The van der Waals surface area contributed by atoms with E-state index in [0.29, 0.717) is 6.07 Å². The van der Waals surface area contributed by atoms with Gasteiger partial charge in [0.25, 0.3) is 12.1 Å². The molecular weight excluding hydrogens is 274 g/mol. The molecule has 20 heavy (non-hydrogen) atoms. The second-order valence-corrected chi connectivity index (χ2v) is 3.75. The molecule has 0 aliphatic rings. The fraction of sp³-hybridized carbons (Fsp3) is 0.250. The minimum atomic E-state index is -2.99. The molecular formula is C12H10F2N2O4. The lowest BCUT2D eigenvalue weighted by Crippen LogP contribution is -2.30. The van der Waals surface area contributed by atoms with Crippen molar-refractivity contribution in [2.45, 2.75) is 6.43 Å². The van der Waals surface area contributed by atoms with E-state index in [1.165, 1.54) is 0 Å². The van der Waals surface area contributed by atoms with Gasteiger partial charge in [0.1, 0.15) is 6.54 Å². The zero-order valence-electron chi connectivity index (χ0n) is 10.1. The summed E-state index contributed by atoms with van der Waals surface area (Å²) in [6, 6.07) is 2.80. The van der Waals surface area contributed by atoms with E-state index in [4.69, 9.17) is 11.5 Å². The van der Waals surface area contributed by atoms with Crippen LogP contribution in [-0.2, 0) is 4.79 Å². The molecule has 0 aliphatic carbocycles. The van der Waals surface area contributed by atoms with Crippen LogP contribution < -0.4 is 4.90 Å². The summed E-state index contributed by atoms with van der Waals surface area (Å²) in [4.78, 5) is 21.5. The number of nitro benzene ring substituents is 1. The first-order valence-electron chi connectivity index (χ1n) is 5.33. The van der Waals surface area contributed by atoms with Crippen molar-refractivity contribution < 1.29 is 23.6 Å². The van der Waals surface area contributed by atoms with Crippen molar-refractivity contribution in [2.75, 3.05) is 18.0 Å². The van der Waals surface area contributed by atoms with Crippen molar-refractivity contribution in [1.82, 2.24) is 0 Å². The average molecular weight is 284 g/mol. The van der Waals surface area contributed by atoms with Crippen LogP contribution in [0.4, 0.5) is 20.2 Å². The largest absolute Gasteiger partial charge is 0.480 e. The number of carboxylic acid groups (broad SMARTS) is 1. The Bertz CT molecular complexity index is 569. The molecule has 1 aromatic carbocycles. The smallest absolute Gasteiger partial charge is 0.323 e. The van der Waals surface area contributed by atoms with Gasteiger partial charge in [-0.1, -0.05) is 5.92 Å². The molecule has 0 amide bonds. The molecule has 6 nitrogen and oxygen atoms in total. The Morgan fingerprint density at radius 1 is 1.55 bits per heavy atom. The van der Waals surface area contributed by atoms with E-state index in [1.54, 1.807) is 0 Å². The fourth-order valence-electron chi connectivity index (χ4n) is 1.62. The number of hydrogen-bond acceptors (Lipinski definition) is 4. The van der Waals surface area contributed by atoms with Gasteiger partial charge in [0, 0.05) is 23.4 Å². The molecule has 106 valence electrons. The van der Waals surface area contributed by atoms with E-state index in [-0.39, 0.29) is 12.2 Å². The molecule has 1 N–H and O–H groups in total. The van der Waals surface area contributed by atoms with Gasteiger partial charge in [0.2, 0.25) is 0 Å². The van der Waals surface area contributed by atoms with Crippen molar-refractivity contribution in [1.29, 1.82) is 0 Å². The predicted molar refractivity (Wildman–Crippen MR) is 66.7 cm³/mol. The fourth-order valence-corrected chi connectivity index (χ4v) is 1.62. The number of benzene rings is 1. The third-order valence-electron chi connectivity index (χ3n) is 2.41. The number of carboxylic acids is 1. The number of anilines is 1. The summed E-state index contributed by atoms with van der Waals surface area (Å²) in [6.45, 7) is -0.786. The minimum Gasteiger partial charge on any atom is -0.480 e. The van der Waals surface area contributed by atoms with Crippen LogP contribution in [0.5, 0.6) is 0 Å². The highest BCUT2D eigenvalue weighted by atomic mass is 19.3. The molecule has 0 aromatic heterocycles. The monoisotopic (exact) mass is 284 g/mol. The number of rotatable bonds is 6. The van der Waals surface area contributed by atoms with Crippen LogP contribution in [-0.4, -0.2) is 29.1 Å². The van der Waals surface area contributed by atoms with Crippen molar-refractivity contribution in [3.05, 3.63) is 33.9 Å². The van der Waals surface area contributed by atoms with E-state index < -0.39 is 35.1 Å². The van der Waals surface area contributed by atoms with Gasteiger partial charge in [-0.3, -0.25) is 14.9 Å². The maximum atomic E-state index is 13.0. The summed E-state index contributed by atoms with van der Waals surface area (Å²) < 4.78 is 25.9. The summed E-state index contributed by atoms with van der Waals surface area (Å²) in [5.74, 6) is 0.908. The van der Waals surface area contributed by atoms with Gasteiger partial charge in [0.15, 0.2) is 0 Å². The van der Waals surface area contributed by atoms with E-state index in [2.05, 4.69) is 5.92 Å². The average Bonchev–Trinajstić information content (AvgIpc) is 2.36. The lowest BCUT2D eigenvalue weighted by atomic mass is 10.1. The van der Waals surface area contributed by atoms with E-state index in [0.717, 1.165) is 17.0 Å². The highest BCUT2D eigenvalue weighted by Crippen LogP contribution is 2.32. The van der Waals surface area contributed by atoms with Gasteiger partial charge in [-0.05, 0) is 6.07 Å². The number of nitrogens with zero attached hydrogens (tertiary/aromatic N) is 2. The summed E-state index contributed by atoms with van der Waals surface area (Å²) in [5.41, 5.74) is -1.26. The van der Waals surface area contributed by atoms with Crippen LogP contribution >= 0.6 is 0 Å². The SMILES string of the molecule is C#CCN(CC(=O)O)c1ccc([N+](=O)[O-])cc1C(F)F. The van der Waals surface area contributed by atoms with Crippen LogP contribution in [0.25, 0.3) is 0 Å². The number of nitro groups is 1.